The second-order valence-corrected chi connectivity index (χ2v) is 4.46. The van der Waals surface area contributed by atoms with Gasteiger partial charge in [0, 0.05) is 16.1 Å². The molecule has 0 aliphatic heterocycles. The normalized spacial score (nSPS) is 12.5. The number of hydrogen-bond donors (Lipinski definition) is 1. The summed E-state index contributed by atoms with van der Waals surface area (Å²) in [4.78, 5) is 0. The molecule has 0 spiro atoms. The van der Waals surface area contributed by atoms with Gasteiger partial charge in [-0.25, -0.2) is 0 Å². The van der Waals surface area contributed by atoms with Gasteiger partial charge in [-0.3, -0.25) is 0 Å². The first-order valence-corrected chi connectivity index (χ1v) is 6.07. The van der Waals surface area contributed by atoms with Gasteiger partial charge in [-0.15, -0.1) is 0 Å². The Bertz CT molecular complexity index is 314. The Morgan fingerprint density at radius 1 is 1.47 bits per heavy atom. The predicted octanol–water partition coefficient (Wildman–Crippen LogP) is 3.52. The van der Waals surface area contributed by atoms with E-state index in [1.807, 2.05) is 19.2 Å². The zero-order chi connectivity index (χ0) is 11.3. The van der Waals surface area contributed by atoms with Crippen molar-refractivity contribution in [2.24, 2.45) is 0 Å². The number of ether oxygens (including phenoxy) is 1. The predicted molar refractivity (Wildman–Crippen MR) is 67.4 cm³/mol. The minimum atomic E-state index is 0.310. The second-order valence-electron chi connectivity index (χ2n) is 3.54. The van der Waals surface area contributed by atoms with E-state index in [2.05, 4.69) is 41.2 Å². The maximum atomic E-state index is 5.72. The van der Waals surface area contributed by atoms with Gasteiger partial charge < -0.3 is 10.1 Å². The summed E-state index contributed by atoms with van der Waals surface area (Å²) < 4.78 is 6.78. The maximum absolute atomic E-state index is 5.72. The summed E-state index contributed by atoms with van der Waals surface area (Å²) in [5, 5.41) is 3.22. The van der Waals surface area contributed by atoms with E-state index in [1.54, 1.807) is 0 Å². The van der Waals surface area contributed by atoms with Crippen LogP contribution in [0, 0.1) is 0 Å². The first-order chi connectivity index (χ1) is 7.19. The molecular formula is C12H18BrNO. The lowest BCUT2D eigenvalue weighted by atomic mass is 10.1. The molecule has 1 unspecified atom stereocenters. The number of rotatable bonds is 5. The molecule has 0 amide bonds. The highest BCUT2D eigenvalue weighted by molar-refractivity contribution is 9.10. The van der Waals surface area contributed by atoms with E-state index in [0.29, 0.717) is 6.04 Å². The molecule has 0 bridgehead atoms. The van der Waals surface area contributed by atoms with Crippen LogP contribution in [0.2, 0.25) is 0 Å². The quantitative estimate of drug-likeness (QED) is 0.885. The second kappa shape index (κ2) is 6.13. The fraction of sp³-hybridized carbons (Fsp3) is 0.500. The van der Waals surface area contributed by atoms with Crippen LogP contribution in [0.15, 0.2) is 22.7 Å². The van der Waals surface area contributed by atoms with Crippen LogP contribution < -0.4 is 10.1 Å². The lowest BCUT2D eigenvalue weighted by Gasteiger charge is -2.16. The molecule has 1 rings (SSSR count). The molecule has 1 N–H and O–H groups in total. The van der Waals surface area contributed by atoms with Gasteiger partial charge in [-0.2, -0.15) is 0 Å². The van der Waals surface area contributed by atoms with Gasteiger partial charge in [0.2, 0.25) is 0 Å². The van der Waals surface area contributed by atoms with Crippen molar-refractivity contribution in [3.05, 3.63) is 28.2 Å². The molecule has 0 heterocycles. The zero-order valence-corrected chi connectivity index (χ0v) is 11.1. The van der Waals surface area contributed by atoms with Crippen LogP contribution in [0.1, 0.15) is 31.9 Å². The molecule has 0 saturated heterocycles. The van der Waals surface area contributed by atoms with E-state index in [4.69, 9.17) is 4.74 Å². The Balaban J connectivity index is 2.92. The Morgan fingerprint density at radius 3 is 2.80 bits per heavy atom. The standard InChI is InChI=1S/C12H18BrNO/c1-4-7-15-12-8-10(13)5-6-11(12)9(2)14-3/h5-6,8-9,14H,4,7H2,1-3H3. The number of benzene rings is 1. The highest BCUT2D eigenvalue weighted by Crippen LogP contribution is 2.28. The Hall–Kier alpha value is -0.540. The van der Waals surface area contributed by atoms with Crippen molar-refractivity contribution >= 4 is 15.9 Å². The lowest BCUT2D eigenvalue weighted by Crippen LogP contribution is -2.14. The van der Waals surface area contributed by atoms with E-state index < -0.39 is 0 Å². The summed E-state index contributed by atoms with van der Waals surface area (Å²) in [6.45, 7) is 5.00. The fourth-order valence-corrected chi connectivity index (χ4v) is 1.70. The van der Waals surface area contributed by atoms with Crippen molar-refractivity contribution < 1.29 is 4.74 Å². The Kier molecular flexibility index (Phi) is 5.12. The highest BCUT2D eigenvalue weighted by Gasteiger charge is 2.10. The first kappa shape index (κ1) is 12.5. The molecule has 2 nitrogen and oxygen atoms in total. The molecule has 1 aromatic rings. The third-order valence-corrected chi connectivity index (χ3v) is 2.83. The minimum absolute atomic E-state index is 0.310. The van der Waals surface area contributed by atoms with E-state index >= 15 is 0 Å². The van der Waals surface area contributed by atoms with Crippen molar-refractivity contribution in [3.8, 4) is 5.75 Å². The van der Waals surface area contributed by atoms with E-state index in [0.717, 1.165) is 23.2 Å². The van der Waals surface area contributed by atoms with Crippen molar-refractivity contribution in [3.63, 3.8) is 0 Å². The van der Waals surface area contributed by atoms with Gasteiger partial charge in [-0.05, 0) is 32.5 Å². The molecular weight excluding hydrogens is 254 g/mol. The highest BCUT2D eigenvalue weighted by atomic mass is 79.9. The van der Waals surface area contributed by atoms with Crippen LogP contribution in [0.5, 0.6) is 5.75 Å². The first-order valence-electron chi connectivity index (χ1n) is 5.28. The number of hydrogen-bond acceptors (Lipinski definition) is 2. The summed E-state index contributed by atoms with van der Waals surface area (Å²) in [5.41, 5.74) is 1.20. The van der Waals surface area contributed by atoms with Gasteiger partial charge in [0.15, 0.2) is 0 Å². The third kappa shape index (κ3) is 3.50. The number of nitrogens with one attached hydrogen (secondary N) is 1. The topological polar surface area (TPSA) is 21.3 Å². The summed E-state index contributed by atoms with van der Waals surface area (Å²) in [6, 6.07) is 6.47. The lowest BCUT2D eigenvalue weighted by molar-refractivity contribution is 0.311. The summed E-state index contributed by atoms with van der Waals surface area (Å²) in [7, 11) is 1.95. The molecule has 1 aromatic carbocycles. The molecule has 0 aliphatic rings. The molecule has 0 saturated carbocycles. The molecule has 0 aromatic heterocycles. The van der Waals surface area contributed by atoms with Gasteiger partial charge >= 0.3 is 0 Å². The number of halogens is 1. The Morgan fingerprint density at radius 2 is 2.20 bits per heavy atom. The molecule has 0 aliphatic carbocycles. The van der Waals surface area contributed by atoms with Crippen molar-refractivity contribution in [2.45, 2.75) is 26.3 Å². The van der Waals surface area contributed by atoms with Crippen LogP contribution in [0.25, 0.3) is 0 Å². The SMILES string of the molecule is CCCOc1cc(Br)ccc1C(C)NC. The van der Waals surface area contributed by atoms with Crippen molar-refractivity contribution in [2.75, 3.05) is 13.7 Å². The van der Waals surface area contributed by atoms with Crippen LogP contribution in [-0.2, 0) is 0 Å². The van der Waals surface area contributed by atoms with Crippen molar-refractivity contribution in [1.29, 1.82) is 0 Å². The smallest absolute Gasteiger partial charge is 0.125 e. The average Bonchev–Trinajstić information content (AvgIpc) is 2.25. The Labute approximate surface area is 100 Å². The van der Waals surface area contributed by atoms with E-state index in [9.17, 15) is 0 Å². The molecule has 84 valence electrons. The van der Waals surface area contributed by atoms with Gasteiger partial charge in [0.1, 0.15) is 5.75 Å². The van der Waals surface area contributed by atoms with Crippen LogP contribution in [-0.4, -0.2) is 13.7 Å². The third-order valence-electron chi connectivity index (χ3n) is 2.34. The van der Waals surface area contributed by atoms with E-state index in [-0.39, 0.29) is 0 Å². The zero-order valence-electron chi connectivity index (χ0n) is 9.51. The molecule has 15 heavy (non-hydrogen) atoms. The van der Waals surface area contributed by atoms with Gasteiger partial charge in [-0.1, -0.05) is 28.9 Å². The molecule has 1 atom stereocenters. The fourth-order valence-electron chi connectivity index (χ4n) is 1.36. The summed E-state index contributed by atoms with van der Waals surface area (Å²) in [6.07, 6.45) is 1.03. The largest absolute Gasteiger partial charge is 0.493 e. The summed E-state index contributed by atoms with van der Waals surface area (Å²) in [5.74, 6) is 0.966. The van der Waals surface area contributed by atoms with Gasteiger partial charge in [0.25, 0.3) is 0 Å². The van der Waals surface area contributed by atoms with Gasteiger partial charge in [0.05, 0.1) is 6.61 Å². The molecule has 0 fully saturated rings. The van der Waals surface area contributed by atoms with Crippen molar-refractivity contribution in [1.82, 2.24) is 5.32 Å². The molecule has 3 heteroatoms. The maximum Gasteiger partial charge on any atom is 0.125 e. The average molecular weight is 272 g/mol. The minimum Gasteiger partial charge on any atom is -0.493 e. The monoisotopic (exact) mass is 271 g/mol. The summed E-state index contributed by atoms with van der Waals surface area (Å²) >= 11 is 3.46. The van der Waals surface area contributed by atoms with Crippen LogP contribution >= 0.6 is 15.9 Å². The van der Waals surface area contributed by atoms with E-state index in [1.165, 1.54) is 5.56 Å². The van der Waals surface area contributed by atoms with Crippen LogP contribution in [0.3, 0.4) is 0 Å². The van der Waals surface area contributed by atoms with Crippen LogP contribution in [0.4, 0.5) is 0 Å². The molecule has 0 radical (unpaired) electrons.